The topological polar surface area (TPSA) is 82.8 Å². The van der Waals surface area contributed by atoms with Crippen LogP contribution in [0.2, 0.25) is 5.02 Å². The predicted molar refractivity (Wildman–Crippen MR) is 176 cm³/mol. The molecule has 1 aromatic heterocycles. The lowest BCUT2D eigenvalue weighted by molar-refractivity contribution is -0.137. The zero-order valence-corrected chi connectivity index (χ0v) is 28.0. The number of para-hydroxylation sites is 1. The molecular weight excluding hydrogens is 635 g/mol. The first kappa shape index (κ1) is 34.1. The summed E-state index contributed by atoms with van der Waals surface area (Å²) in [4.78, 5) is 42.1. The second kappa shape index (κ2) is 12.4. The molecule has 0 saturated carbocycles. The molecule has 0 N–H and O–H groups in total. The Morgan fingerprint density at radius 3 is 2.26 bits per heavy atom. The molecule has 8 nitrogen and oxygen atoms in total. The van der Waals surface area contributed by atoms with Crippen molar-refractivity contribution in [2.24, 2.45) is 5.92 Å². The largest absolute Gasteiger partial charge is 0.496 e. The fraction of sp³-hybridized carbons (Fsp3) is 0.400. The van der Waals surface area contributed by atoms with Crippen molar-refractivity contribution in [2.45, 2.75) is 65.8 Å². The van der Waals surface area contributed by atoms with Crippen molar-refractivity contribution >= 4 is 28.7 Å². The number of halogens is 4. The van der Waals surface area contributed by atoms with E-state index in [9.17, 15) is 27.6 Å². The number of nitrogens with zero attached hydrogens (tertiary/aromatic N) is 3. The number of methoxy groups -OCH3 is 1. The summed E-state index contributed by atoms with van der Waals surface area (Å²) >= 11 is 6.81. The predicted octanol–water partition coefficient (Wildman–Crippen LogP) is 7.80. The molecule has 0 spiro atoms. The number of carbonyl (C=O) groups is 1. The average Bonchev–Trinajstić information content (AvgIpc) is 2.95. The lowest BCUT2D eigenvalue weighted by Gasteiger charge is -2.40. The van der Waals surface area contributed by atoms with Gasteiger partial charge in [-0.1, -0.05) is 43.6 Å². The van der Waals surface area contributed by atoms with Crippen LogP contribution in [0.15, 0.2) is 58.1 Å². The first-order valence-corrected chi connectivity index (χ1v) is 15.6. The average molecular weight is 672 g/mol. The molecular formula is C35H37ClF3N3O5. The van der Waals surface area contributed by atoms with E-state index in [0.29, 0.717) is 24.3 Å². The minimum absolute atomic E-state index is 0.0292. The maximum Gasteiger partial charge on any atom is 0.416 e. The molecule has 0 radical (unpaired) electrons. The van der Waals surface area contributed by atoms with Gasteiger partial charge in [-0.25, -0.2) is 4.79 Å². The number of ether oxygens (including phenoxy) is 2. The summed E-state index contributed by atoms with van der Waals surface area (Å²) in [5.74, 6) is -0.0410. The normalized spacial score (nSPS) is 14.1. The highest BCUT2D eigenvalue weighted by Crippen LogP contribution is 2.41. The highest BCUT2D eigenvalue weighted by molar-refractivity contribution is 6.34. The molecule has 0 unspecified atom stereocenters. The van der Waals surface area contributed by atoms with E-state index in [1.54, 1.807) is 20.8 Å². The number of aromatic nitrogens is 2. The van der Waals surface area contributed by atoms with Gasteiger partial charge in [-0.2, -0.15) is 13.2 Å². The van der Waals surface area contributed by atoms with Gasteiger partial charge in [0.1, 0.15) is 11.4 Å². The third-order valence-corrected chi connectivity index (χ3v) is 8.52. The SMILES string of the molecule is COc1ccc(C(F)(F)F)cc1-c1cc2c(cc1Cl)n(CC1CN(C(=O)OC(C)(C)C)C1)c(=O)c(=O)n2-c1c(C)cccc1C(C)C. The molecule has 1 fully saturated rings. The Labute approximate surface area is 275 Å². The van der Waals surface area contributed by atoms with E-state index >= 15 is 0 Å². The van der Waals surface area contributed by atoms with Crippen molar-refractivity contribution in [1.82, 2.24) is 14.0 Å². The smallest absolute Gasteiger partial charge is 0.416 e. The third-order valence-electron chi connectivity index (χ3n) is 8.21. The lowest BCUT2D eigenvalue weighted by atomic mass is 9.97. The number of likely N-dealkylation sites (tertiary alicyclic amines) is 1. The highest BCUT2D eigenvalue weighted by atomic mass is 35.5. The molecule has 1 aliphatic heterocycles. The fourth-order valence-electron chi connectivity index (χ4n) is 5.95. The second-order valence-electron chi connectivity index (χ2n) is 13.2. The molecule has 0 bridgehead atoms. The number of hydrogen-bond acceptors (Lipinski definition) is 5. The van der Waals surface area contributed by atoms with Crippen LogP contribution in [0.1, 0.15) is 57.2 Å². The van der Waals surface area contributed by atoms with Gasteiger partial charge in [-0.3, -0.25) is 14.2 Å². The van der Waals surface area contributed by atoms with E-state index < -0.39 is 34.6 Å². The summed E-state index contributed by atoms with van der Waals surface area (Å²) in [5.41, 5.74) is -0.225. The number of benzene rings is 3. The quantitative estimate of drug-likeness (QED) is 0.195. The molecule has 12 heteroatoms. The van der Waals surface area contributed by atoms with E-state index in [1.165, 1.54) is 39.3 Å². The lowest BCUT2D eigenvalue weighted by Crippen LogP contribution is -2.54. The van der Waals surface area contributed by atoms with Gasteiger partial charge in [-0.15, -0.1) is 0 Å². The zero-order chi connectivity index (χ0) is 34.6. The summed E-state index contributed by atoms with van der Waals surface area (Å²) in [7, 11) is 1.34. The molecule has 5 rings (SSSR count). The van der Waals surface area contributed by atoms with Crippen molar-refractivity contribution in [3.05, 3.63) is 91.0 Å². The van der Waals surface area contributed by atoms with Crippen LogP contribution in [-0.4, -0.2) is 45.9 Å². The standard InChI is InChI=1S/C35H37ClF3N3O5/c1-19(2)23-10-8-9-20(3)30(23)42-28-14-24(25-13-22(35(37,38)39)11-12-29(25)46-7)26(36)15-27(28)41(31(43)32(42)44)18-21-16-40(17-21)33(45)47-34(4,5)6/h8-15,19,21H,16-18H2,1-7H3. The molecule has 250 valence electrons. The van der Waals surface area contributed by atoms with Crippen LogP contribution < -0.4 is 15.9 Å². The summed E-state index contributed by atoms with van der Waals surface area (Å²) in [6.45, 7) is 11.8. The zero-order valence-electron chi connectivity index (χ0n) is 27.3. The molecule has 1 saturated heterocycles. The van der Waals surface area contributed by atoms with Crippen molar-refractivity contribution in [3.8, 4) is 22.6 Å². The number of rotatable bonds is 6. The minimum Gasteiger partial charge on any atom is -0.496 e. The molecule has 47 heavy (non-hydrogen) atoms. The second-order valence-corrected chi connectivity index (χ2v) is 13.6. The van der Waals surface area contributed by atoms with Crippen LogP contribution in [0.4, 0.5) is 18.0 Å². The van der Waals surface area contributed by atoms with Crippen LogP contribution >= 0.6 is 11.6 Å². The highest BCUT2D eigenvalue weighted by Gasteiger charge is 2.35. The van der Waals surface area contributed by atoms with E-state index in [1.807, 2.05) is 39.0 Å². The van der Waals surface area contributed by atoms with E-state index in [-0.39, 0.29) is 45.8 Å². The summed E-state index contributed by atoms with van der Waals surface area (Å²) in [6.07, 6.45) is -5.10. The molecule has 1 aliphatic rings. The van der Waals surface area contributed by atoms with Crippen molar-refractivity contribution in [2.75, 3.05) is 20.2 Å². The summed E-state index contributed by atoms with van der Waals surface area (Å²) in [6, 6.07) is 11.7. The Kier molecular flexibility index (Phi) is 9.00. The Bertz CT molecular complexity index is 1990. The van der Waals surface area contributed by atoms with Crippen LogP contribution in [-0.2, 0) is 17.5 Å². The number of aryl methyl sites for hydroxylation is 1. The molecule has 2 heterocycles. The number of hydrogen-bond donors (Lipinski definition) is 0. The minimum atomic E-state index is -4.63. The van der Waals surface area contributed by atoms with Gasteiger partial charge >= 0.3 is 23.4 Å². The Hall–Kier alpha value is -4.25. The van der Waals surface area contributed by atoms with Gasteiger partial charge in [0.15, 0.2) is 0 Å². The summed E-state index contributed by atoms with van der Waals surface area (Å²) < 4.78 is 55.0. The fourth-order valence-corrected chi connectivity index (χ4v) is 6.21. The Balaban J connectivity index is 1.75. The first-order chi connectivity index (χ1) is 21.9. The third kappa shape index (κ3) is 6.63. The molecule has 0 atom stereocenters. The Morgan fingerprint density at radius 2 is 1.66 bits per heavy atom. The number of carbonyl (C=O) groups excluding carboxylic acids is 1. The summed E-state index contributed by atoms with van der Waals surface area (Å²) in [5, 5.41) is 0.0614. The Morgan fingerprint density at radius 1 is 0.979 bits per heavy atom. The van der Waals surface area contributed by atoms with Gasteiger partial charge in [0.2, 0.25) is 0 Å². The van der Waals surface area contributed by atoms with Crippen molar-refractivity contribution in [3.63, 3.8) is 0 Å². The van der Waals surface area contributed by atoms with Gasteiger partial charge < -0.3 is 18.9 Å². The van der Waals surface area contributed by atoms with Gasteiger partial charge in [0.25, 0.3) is 0 Å². The van der Waals surface area contributed by atoms with E-state index in [0.717, 1.165) is 23.3 Å². The maximum atomic E-state index is 14.1. The molecule has 3 aromatic carbocycles. The van der Waals surface area contributed by atoms with Crippen LogP contribution in [0.25, 0.3) is 27.8 Å². The molecule has 1 amide bonds. The first-order valence-electron chi connectivity index (χ1n) is 15.2. The van der Waals surface area contributed by atoms with Crippen molar-refractivity contribution in [1.29, 1.82) is 0 Å². The number of fused-ring (bicyclic) bond motifs is 1. The van der Waals surface area contributed by atoms with E-state index in [4.69, 9.17) is 21.1 Å². The van der Waals surface area contributed by atoms with Gasteiger partial charge in [0, 0.05) is 36.7 Å². The van der Waals surface area contributed by atoms with Crippen LogP contribution in [0.3, 0.4) is 0 Å². The van der Waals surface area contributed by atoms with E-state index in [2.05, 4.69) is 0 Å². The molecule has 0 aliphatic carbocycles. The molecule has 4 aromatic rings. The number of alkyl halides is 3. The van der Waals surface area contributed by atoms with Gasteiger partial charge in [-0.05, 0) is 75.1 Å². The maximum absolute atomic E-state index is 14.1. The van der Waals surface area contributed by atoms with Crippen molar-refractivity contribution < 1.29 is 27.4 Å². The van der Waals surface area contributed by atoms with Crippen LogP contribution in [0.5, 0.6) is 5.75 Å². The van der Waals surface area contributed by atoms with Gasteiger partial charge in [0.05, 0.1) is 34.4 Å². The van der Waals surface area contributed by atoms with Crippen LogP contribution in [0, 0.1) is 12.8 Å². The monoisotopic (exact) mass is 671 g/mol. The number of amides is 1.